The molecule has 0 bridgehead atoms. The molecule has 3 aromatic rings. The van der Waals surface area contributed by atoms with Gasteiger partial charge in [0, 0.05) is 5.02 Å². The van der Waals surface area contributed by atoms with E-state index in [-0.39, 0.29) is 5.82 Å². The molecule has 1 aromatic heterocycles. The maximum atomic E-state index is 13.8. The number of rotatable bonds is 3. The van der Waals surface area contributed by atoms with Crippen molar-refractivity contribution in [2.24, 2.45) is 5.73 Å². The van der Waals surface area contributed by atoms with Gasteiger partial charge in [-0.25, -0.2) is 9.37 Å². The molecule has 1 atom stereocenters. The molecule has 3 nitrogen and oxygen atoms in total. The van der Waals surface area contributed by atoms with Crippen LogP contribution in [0.15, 0.2) is 48.7 Å². The molecule has 0 aliphatic rings. The minimum atomic E-state index is -0.419. The second-order valence-corrected chi connectivity index (χ2v) is 5.27. The van der Waals surface area contributed by atoms with Crippen LogP contribution in [0.2, 0.25) is 5.02 Å². The minimum Gasteiger partial charge on any atom is -0.322 e. The molecule has 0 saturated carbocycles. The van der Waals surface area contributed by atoms with E-state index in [1.54, 1.807) is 18.3 Å². The Hall–Kier alpha value is -2.04. The molecule has 21 heavy (non-hydrogen) atoms. The van der Waals surface area contributed by atoms with Gasteiger partial charge in [-0.15, -0.1) is 0 Å². The van der Waals surface area contributed by atoms with Crippen LogP contribution in [-0.4, -0.2) is 9.97 Å². The Bertz CT molecular complexity index is 791. The molecule has 0 saturated heterocycles. The van der Waals surface area contributed by atoms with Crippen LogP contribution in [0.3, 0.4) is 0 Å². The van der Waals surface area contributed by atoms with Crippen molar-refractivity contribution < 1.29 is 4.39 Å². The Balaban J connectivity index is 1.87. The molecule has 0 fully saturated rings. The van der Waals surface area contributed by atoms with E-state index in [1.807, 2.05) is 24.3 Å². The summed E-state index contributed by atoms with van der Waals surface area (Å²) in [6.07, 6.45) is 1.98. The third-order valence-electron chi connectivity index (χ3n) is 3.30. The van der Waals surface area contributed by atoms with Crippen LogP contribution >= 0.6 is 11.6 Å². The first-order chi connectivity index (χ1) is 10.1. The smallest absolute Gasteiger partial charge is 0.127 e. The predicted molar refractivity (Wildman–Crippen MR) is 81.6 cm³/mol. The fourth-order valence-corrected chi connectivity index (χ4v) is 2.34. The molecule has 0 aliphatic heterocycles. The van der Waals surface area contributed by atoms with Gasteiger partial charge in [-0.3, -0.25) is 4.98 Å². The number of para-hydroxylation sites is 2. The van der Waals surface area contributed by atoms with Gasteiger partial charge in [-0.1, -0.05) is 29.8 Å². The topological polar surface area (TPSA) is 51.8 Å². The zero-order valence-corrected chi connectivity index (χ0v) is 11.9. The lowest BCUT2D eigenvalue weighted by Gasteiger charge is -2.12. The molecule has 0 amide bonds. The van der Waals surface area contributed by atoms with Crippen LogP contribution in [0, 0.1) is 5.82 Å². The van der Waals surface area contributed by atoms with Crippen LogP contribution in [0.25, 0.3) is 11.0 Å². The van der Waals surface area contributed by atoms with Crippen LogP contribution in [0.5, 0.6) is 0 Å². The number of benzene rings is 2. The zero-order chi connectivity index (χ0) is 14.8. The molecule has 1 heterocycles. The van der Waals surface area contributed by atoms with Crippen LogP contribution < -0.4 is 5.73 Å². The molecule has 0 spiro atoms. The van der Waals surface area contributed by atoms with Gasteiger partial charge in [-0.2, -0.15) is 0 Å². The van der Waals surface area contributed by atoms with E-state index in [9.17, 15) is 4.39 Å². The molecule has 2 N–H and O–H groups in total. The van der Waals surface area contributed by atoms with E-state index in [1.165, 1.54) is 6.07 Å². The molecule has 0 aliphatic carbocycles. The second kappa shape index (κ2) is 5.76. The van der Waals surface area contributed by atoms with E-state index >= 15 is 0 Å². The van der Waals surface area contributed by atoms with Crippen LogP contribution in [0.1, 0.15) is 17.3 Å². The number of hydrogen-bond donors (Lipinski definition) is 1. The van der Waals surface area contributed by atoms with E-state index in [0.717, 1.165) is 11.0 Å². The summed E-state index contributed by atoms with van der Waals surface area (Å²) in [6.45, 7) is 0. The highest BCUT2D eigenvalue weighted by molar-refractivity contribution is 6.30. The van der Waals surface area contributed by atoms with E-state index < -0.39 is 6.04 Å². The maximum absolute atomic E-state index is 13.8. The normalized spacial score (nSPS) is 12.5. The van der Waals surface area contributed by atoms with Crippen molar-refractivity contribution >= 4 is 22.6 Å². The molecule has 1 unspecified atom stereocenters. The van der Waals surface area contributed by atoms with Crippen molar-refractivity contribution in [3.63, 3.8) is 0 Å². The van der Waals surface area contributed by atoms with Gasteiger partial charge < -0.3 is 5.73 Å². The summed E-state index contributed by atoms with van der Waals surface area (Å²) >= 11 is 5.74. The molecular formula is C16H13ClFN3. The number of fused-ring (bicyclic) bond motifs is 1. The molecular weight excluding hydrogens is 289 g/mol. The summed E-state index contributed by atoms with van der Waals surface area (Å²) in [4.78, 5) is 8.81. The summed E-state index contributed by atoms with van der Waals surface area (Å²) in [5.41, 5.74) is 8.87. The average Bonchev–Trinajstić information content (AvgIpc) is 2.49. The SMILES string of the molecule is NC(Cc1ccc(Cl)cc1F)c1cnc2ccccc2n1. The van der Waals surface area contributed by atoms with Crippen molar-refractivity contribution in [1.82, 2.24) is 9.97 Å². The van der Waals surface area contributed by atoms with E-state index in [2.05, 4.69) is 9.97 Å². The van der Waals surface area contributed by atoms with Crippen LogP contribution in [0.4, 0.5) is 4.39 Å². The quantitative estimate of drug-likeness (QED) is 0.803. The highest BCUT2D eigenvalue weighted by Gasteiger charge is 2.13. The summed E-state index contributed by atoms with van der Waals surface area (Å²) in [5.74, 6) is -0.355. The van der Waals surface area contributed by atoms with E-state index in [0.29, 0.717) is 22.7 Å². The Morgan fingerprint density at radius 2 is 1.90 bits per heavy atom. The van der Waals surface area contributed by atoms with Crippen molar-refractivity contribution in [2.75, 3.05) is 0 Å². The highest BCUT2D eigenvalue weighted by Crippen LogP contribution is 2.20. The maximum Gasteiger partial charge on any atom is 0.127 e. The predicted octanol–water partition coefficient (Wildman–Crippen LogP) is 3.66. The minimum absolute atomic E-state index is 0.343. The number of aromatic nitrogens is 2. The Kier molecular flexibility index (Phi) is 3.82. The second-order valence-electron chi connectivity index (χ2n) is 4.83. The largest absolute Gasteiger partial charge is 0.322 e. The third kappa shape index (κ3) is 3.01. The van der Waals surface area contributed by atoms with Gasteiger partial charge in [0.1, 0.15) is 5.82 Å². The third-order valence-corrected chi connectivity index (χ3v) is 3.54. The van der Waals surface area contributed by atoms with Crippen LogP contribution in [-0.2, 0) is 6.42 Å². The van der Waals surface area contributed by atoms with Gasteiger partial charge in [0.25, 0.3) is 0 Å². The molecule has 5 heteroatoms. The first kappa shape index (κ1) is 13.9. The first-order valence-corrected chi connectivity index (χ1v) is 6.92. The number of halogens is 2. The molecule has 3 rings (SSSR count). The molecule has 2 aromatic carbocycles. The summed E-state index contributed by atoms with van der Waals surface area (Å²) in [5, 5.41) is 0.371. The average molecular weight is 302 g/mol. The lowest BCUT2D eigenvalue weighted by atomic mass is 10.0. The van der Waals surface area contributed by atoms with Gasteiger partial charge >= 0.3 is 0 Å². The van der Waals surface area contributed by atoms with Gasteiger partial charge in [0.05, 0.1) is 29.0 Å². The fourth-order valence-electron chi connectivity index (χ4n) is 2.18. The van der Waals surface area contributed by atoms with E-state index in [4.69, 9.17) is 17.3 Å². The Morgan fingerprint density at radius 1 is 1.14 bits per heavy atom. The van der Waals surface area contributed by atoms with Gasteiger partial charge in [0.15, 0.2) is 0 Å². The Labute approximate surface area is 126 Å². The van der Waals surface area contributed by atoms with Gasteiger partial charge in [-0.05, 0) is 36.2 Å². The highest BCUT2D eigenvalue weighted by atomic mass is 35.5. The van der Waals surface area contributed by atoms with Crippen molar-refractivity contribution in [1.29, 1.82) is 0 Å². The van der Waals surface area contributed by atoms with Crippen molar-refractivity contribution in [3.05, 3.63) is 70.8 Å². The van der Waals surface area contributed by atoms with Gasteiger partial charge in [0.2, 0.25) is 0 Å². The first-order valence-electron chi connectivity index (χ1n) is 6.54. The lowest BCUT2D eigenvalue weighted by Crippen LogP contribution is -2.16. The Morgan fingerprint density at radius 3 is 2.67 bits per heavy atom. The summed E-state index contributed by atoms with van der Waals surface area (Å²) in [6, 6.07) is 11.7. The lowest BCUT2D eigenvalue weighted by molar-refractivity contribution is 0.590. The molecule has 106 valence electrons. The van der Waals surface area contributed by atoms with Crippen molar-refractivity contribution in [2.45, 2.75) is 12.5 Å². The number of nitrogens with zero attached hydrogens (tertiary/aromatic N) is 2. The van der Waals surface area contributed by atoms with Crippen molar-refractivity contribution in [3.8, 4) is 0 Å². The summed E-state index contributed by atoms with van der Waals surface area (Å²) < 4.78 is 13.8. The monoisotopic (exact) mass is 301 g/mol. The standard InChI is InChI=1S/C16H13ClFN3/c17-11-6-5-10(12(18)8-11)7-13(19)16-9-20-14-3-1-2-4-15(14)21-16/h1-6,8-9,13H,7,19H2. The summed E-state index contributed by atoms with van der Waals surface area (Å²) in [7, 11) is 0. The molecule has 0 radical (unpaired) electrons. The number of hydrogen-bond acceptors (Lipinski definition) is 3. The number of nitrogens with two attached hydrogens (primary N) is 1. The fraction of sp³-hybridized carbons (Fsp3) is 0.125. The zero-order valence-electron chi connectivity index (χ0n) is 11.1.